The summed E-state index contributed by atoms with van der Waals surface area (Å²) < 4.78 is 5.06. The number of nitrogens with one attached hydrogen (secondary N) is 3. The number of guanidine groups is 1. The third-order valence-corrected chi connectivity index (χ3v) is 4.71. The lowest BCUT2D eigenvalue weighted by Crippen LogP contribution is -2.26. The third-order valence-electron chi connectivity index (χ3n) is 2.17. The van der Waals surface area contributed by atoms with Crippen LogP contribution in [-0.4, -0.2) is 31.7 Å². The first kappa shape index (κ1) is 15.6. The van der Waals surface area contributed by atoms with Gasteiger partial charge in [-0.2, -0.15) is 20.2 Å². The molecular weight excluding hydrogens is 332 g/mol. The number of nitrogen functional groups attached to an aromatic ring is 1. The van der Waals surface area contributed by atoms with Gasteiger partial charge in [-0.25, -0.2) is 4.98 Å². The maximum atomic E-state index is 11.4. The molecule has 2 aromatic rings. The molecule has 114 valence electrons. The minimum Gasteiger partial charge on any atom is -0.378 e. The van der Waals surface area contributed by atoms with Gasteiger partial charge in [0, 0.05) is 23.4 Å². The molecule has 0 spiro atoms. The van der Waals surface area contributed by atoms with Crippen LogP contribution in [0, 0.1) is 5.41 Å². The number of nitrogens with zero attached hydrogens (tertiary/aromatic N) is 3. The molecule has 0 atom stereocenters. The molecule has 2 heterocycles. The van der Waals surface area contributed by atoms with E-state index in [1.54, 1.807) is 11.8 Å². The van der Waals surface area contributed by atoms with Crippen LogP contribution in [0.3, 0.4) is 0 Å². The average Bonchev–Trinajstić information content (AvgIpc) is 2.99. The normalized spacial score (nSPS) is 10.5. The Morgan fingerprint density at radius 3 is 3.05 bits per heavy atom. The Morgan fingerprint density at radius 1 is 1.57 bits per heavy atom. The van der Waals surface area contributed by atoms with Crippen molar-refractivity contribution in [3.05, 3.63) is 21.4 Å². The Labute approximate surface area is 132 Å². The van der Waals surface area contributed by atoms with Crippen LogP contribution in [0.1, 0.15) is 5.69 Å². The summed E-state index contributed by atoms with van der Waals surface area (Å²) in [6.45, 7) is 0.620. The third kappa shape index (κ3) is 4.61. The Kier molecular flexibility index (Phi) is 5.41. The number of rotatable bonds is 7. The number of aromatic nitrogens is 3. The Hall–Kier alpha value is -1.79. The van der Waals surface area contributed by atoms with Crippen LogP contribution in [-0.2, 0) is 5.75 Å². The van der Waals surface area contributed by atoms with E-state index in [1.165, 1.54) is 15.4 Å². The van der Waals surface area contributed by atoms with Crippen LogP contribution >= 0.6 is 34.8 Å². The fourth-order valence-corrected chi connectivity index (χ4v) is 3.44. The summed E-state index contributed by atoms with van der Waals surface area (Å²) in [7, 11) is 0. The zero-order valence-electron chi connectivity index (χ0n) is 10.8. The van der Waals surface area contributed by atoms with Crippen molar-refractivity contribution in [2.45, 2.75) is 5.75 Å². The van der Waals surface area contributed by atoms with Crippen LogP contribution in [0.4, 0.5) is 10.9 Å². The zero-order chi connectivity index (χ0) is 15.2. The molecule has 9 nitrogen and oxygen atoms in total. The Balaban J connectivity index is 1.68. The Morgan fingerprint density at radius 2 is 2.38 bits per heavy atom. The van der Waals surface area contributed by atoms with Crippen LogP contribution in [0.2, 0.25) is 0 Å². The molecule has 0 fully saturated rings. The highest BCUT2D eigenvalue weighted by atomic mass is 32.2. The molecule has 0 aliphatic heterocycles. The van der Waals surface area contributed by atoms with Crippen molar-refractivity contribution >= 4 is 51.7 Å². The van der Waals surface area contributed by atoms with Crippen LogP contribution in [0.5, 0.6) is 0 Å². The SMILES string of the molecule is N=C(N)Nc1nc(CSCCNn2snc(N)c2=O)cs1. The van der Waals surface area contributed by atoms with Crippen molar-refractivity contribution in [1.82, 2.24) is 13.4 Å². The van der Waals surface area contributed by atoms with Gasteiger partial charge in [-0.15, -0.1) is 11.3 Å². The quantitative estimate of drug-likeness (QED) is 0.270. The standard InChI is InChI=1S/C9H14N8OS3/c10-6-7(18)17(21-16-6)13-1-2-19-3-5-4-20-9(14-5)15-8(11)12/h4,13H,1-3H2,(H2,10,16)(H4,11,12,14,15). The van der Waals surface area contributed by atoms with Crippen LogP contribution < -0.4 is 27.8 Å². The summed E-state index contributed by atoms with van der Waals surface area (Å²) in [6.07, 6.45) is 0. The molecule has 0 radical (unpaired) electrons. The lowest BCUT2D eigenvalue weighted by molar-refractivity contribution is 0.918. The van der Waals surface area contributed by atoms with E-state index in [9.17, 15) is 4.79 Å². The van der Waals surface area contributed by atoms with E-state index in [-0.39, 0.29) is 17.3 Å². The van der Waals surface area contributed by atoms with Crippen LogP contribution in [0.25, 0.3) is 0 Å². The average molecular weight is 346 g/mol. The van der Waals surface area contributed by atoms with E-state index >= 15 is 0 Å². The lowest BCUT2D eigenvalue weighted by Gasteiger charge is -2.03. The van der Waals surface area contributed by atoms with Crippen molar-refractivity contribution in [2.75, 3.05) is 28.8 Å². The maximum Gasteiger partial charge on any atom is 0.323 e. The summed E-state index contributed by atoms with van der Waals surface area (Å²) in [5.41, 5.74) is 14.1. The number of nitrogens with two attached hydrogens (primary N) is 2. The van der Waals surface area contributed by atoms with E-state index in [0.29, 0.717) is 11.7 Å². The predicted molar refractivity (Wildman–Crippen MR) is 88.8 cm³/mol. The van der Waals surface area contributed by atoms with E-state index in [0.717, 1.165) is 28.9 Å². The largest absolute Gasteiger partial charge is 0.378 e. The van der Waals surface area contributed by atoms with Gasteiger partial charge in [0.2, 0.25) is 5.82 Å². The summed E-state index contributed by atoms with van der Waals surface area (Å²) in [4.78, 5) is 15.7. The number of thiazole rings is 1. The second kappa shape index (κ2) is 7.28. The molecule has 0 saturated heterocycles. The van der Waals surface area contributed by atoms with Gasteiger partial charge >= 0.3 is 5.56 Å². The fourth-order valence-electron chi connectivity index (χ4n) is 1.31. The molecule has 2 aromatic heterocycles. The molecule has 0 saturated carbocycles. The van der Waals surface area contributed by atoms with E-state index in [1.807, 2.05) is 5.38 Å². The zero-order valence-corrected chi connectivity index (χ0v) is 13.3. The molecule has 0 amide bonds. The van der Waals surface area contributed by atoms with Crippen molar-refractivity contribution in [3.63, 3.8) is 0 Å². The smallest absolute Gasteiger partial charge is 0.323 e. The van der Waals surface area contributed by atoms with E-state index < -0.39 is 0 Å². The molecule has 7 N–H and O–H groups in total. The minimum atomic E-state index is -0.315. The first-order valence-electron chi connectivity index (χ1n) is 5.78. The topological polar surface area (TPSA) is 148 Å². The van der Waals surface area contributed by atoms with Crippen molar-refractivity contribution in [3.8, 4) is 0 Å². The number of anilines is 2. The highest BCUT2D eigenvalue weighted by molar-refractivity contribution is 7.98. The van der Waals surface area contributed by atoms with Gasteiger partial charge < -0.3 is 22.2 Å². The highest BCUT2D eigenvalue weighted by Gasteiger charge is 2.04. The molecule has 12 heteroatoms. The van der Waals surface area contributed by atoms with E-state index in [2.05, 4.69) is 20.1 Å². The molecule has 0 aromatic carbocycles. The van der Waals surface area contributed by atoms with Gasteiger partial charge in [-0.3, -0.25) is 10.2 Å². The van der Waals surface area contributed by atoms with Crippen molar-refractivity contribution < 1.29 is 0 Å². The first-order valence-corrected chi connectivity index (χ1v) is 8.54. The van der Waals surface area contributed by atoms with Gasteiger partial charge in [0.1, 0.15) is 0 Å². The molecule has 0 aliphatic rings. The maximum absolute atomic E-state index is 11.4. The molecule has 0 aliphatic carbocycles. The molecular formula is C9H14N8OS3. The second-order valence-electron chi connectivity index (χ2n) is 3.80. The highest BCUT2D eigenvalue weighted by Crippen LogP contribution is 2.19. The summed E-state index contributed by atoms with van der Waals surface area (Å²) in [6, 6.07) is 0. The van der Waals surface area contributed by atoms with Gasteiger partial charge in [0.05, 0.1) is 17.4 Å². The molecule has 21 heavy (non-hydrogen) atoms. The number of thioether (sulfide) groups is 1. The monoisotopic (exact) mass is 346 g/mol. The fraction of sp³-hybridized carbons (Fsp3) is 0.333. The molecule has 2 rings (SSSR count). The molecule has 0 unspecified atom stereocenters. The van der Waals surface area contributed by atoms with Gasteiger partial charge in [-0.05, 0) is 0 Å². The van der Waals surface area contributed by atoms with Crippen molar-refractivity contribution in [2.24, 2.45) is 5.73 Å². The van der Waals surface area contributed by atoms with E-state index in [4.69, 9.17) is 16.9 Å². The minimum absolute atomic E-state index is 0.00752. The molecule has 0 bridgehead atoms. The predicted octanol–water partition coefficient (Wildman–Crippen LogP) is 0.126. The van der Waals surface area contributed by atoms with Crippen LogP contribution in [0.15, 0.2) is 10.2 Å². The summed E-state index contributed by atoms with van der Waals surface area (Å²) in [5.74, 6) is 1.43. The van der Waals surface area contributed by atoms with Gasteiger partial charge in [-0.1, -0.05) is 0 Å². The van der Waals surface area contributed by atoms with Gasteiger partial charge in [0.25, 0.3) is 0 Å². The van der Waals surface area contributed by atoms with Crippen molar-refractivity contribution in [1.29, 1.82) is 5.41 Å². The number of hydrogen-bond donors (Lipinski definition) is 5. The first-order chi connectivity index (χ1) is 10.1. The van der Waals surface area contributed by atoms with Gasteiger partial charge in [0.15, 0.2) is 11.1 Å². The summed E-state index contributed by atoms with van der Waals surface area (Å²) in [5, 5.41) is 12.3. The summed E-state index contributed by atoms with van der Waals surface area (Å²) >= 11 is 4.08. The second-order valence-corrected chi connectivity index (χ2v) is 6.48. The Bertz CT molecular complexity index is 662. The number of hydrogen-bond acceptors (Lipinski definition) is 9. The lowest BCUT2D eigenvalue weighted by atomic mass is 10.6.